The van der Waals surface area contributed by atoms with Gasteiger partial charge in [0.2, 0.25) is 6.20 Å². The lowest BCUT2D eigenvalue weighted by Gasteiger charge is -2.46. The van der Waals surface area contributed by atoms with E-state index in [1.807, 2.05) is 41.1 Å². The van der Waals surface area contributed by atoms with Crippen LogP contribution in [0.3, 0.4) is 0 Å². The van der Waals surface area contributed by atoms with Gasteiger partial charge < -0.3 is 19.8 Å². The molecule has 0 radical (unpaired) electrons. The molecule has 1 aromatic carbocycles. The highest BCUT2D eigenvalue weighted by molar-refractivity contribution is 6.07. The van der Waals surface area contributed by atoms with Crippen LogP contribution < -0.4 is 10.0 Å². The molecule has 0 spiro atoms. The number of likely N-dealkylation sites (N-methyl/N-ethyl adjacent to an activating group) is 1. The molecule has 3 aromatic rings. The van der Waals surface area contributed by atoms with Gasteiger partial charge in [0, 0.05) is 35.8 Å². The second kappa shape index (κ2) is 7.17. The summed E-state index contributed by atoms with van der Waals surface area (Å²) in [6, 6.07) is 12.2. The number of fused-ring (bicyclic) bond motifs is 3. The fraction of sp³-hybridized carbons (Fsp3) is 0.364. The monoisotopic (exact) mass is 392 g/mol. The van der Waals surface area contributed by atoms with Gasteiger partial charge in [0.05, 0.1) is 24.3 Å². The van der Waals surface area contributed by atoms with E-state index < -0.39 is 0 Å². The van der Waals surface area contributed by atoms with Crippen LogP contribution in [0.5, 0.6) is 0 Å². The molecular formula is C22H24N4O3. The molecule has 150 valence electrons. The molecule has 4 heterocycles. The standard InChI is InChI=1S/C22H24N4O3/c1-24-17-9-15(10-18(24)14-29-13-17)23-22(27)20-12-26(16-5-4-8-25(28)11-16)21-7-3-2-6-19(20)21/h2-8,11-12,15,17-18H,9-10,13-14H2,1H3,(H,23,27). The van der Waals surface area contributed by atoms with Gasteiger partial charge in [-0.2, -0.15) is 4.73 Å². The lowest BCUT2D eigenvalue weighted by molar-refractivity contribution is -0.605. The maximum atomic E-state index is 13.2. The molecule has 2 aliphatic rings. The number of para-hydroxylation sites is 1. The second-order valence-corrected chi connectivity index (χ2v) is 8.00. The number of carbonyl (C=O) groups is 1. The number of ether oxygens (including phenoxy) is 1. The van der Waals surface area contributed by atoms with Crippen molar-refractivity contribution in [3.05, 3.63) is 65.8 Å². The molecular weight excluding hydrogens is 368 g/mol. The van der Waals surface area contributed by atoms with Crippen LogP contribution in [-0.4, -0.2) is 53.8 Å². The zero-order valence-electron chi connectivity index (χ0n) is 16.3. The minimum Gasteiger partial charge on any atom is -0.619 e. The lowest BCUT2D eigenvalue weighted by Crippen LogP contribution is -2.59. The Hall–Kier alpha value is -2.90. The van der Waals surface area contributed by atoms with E-state index in [1.54, 1.807) is 6.07 Å². The fourth-order valence-corrected chi connectivity index (χ4v) is 4.64. The number of rotatable bonds is 3. The first kappa shape index (κ1) is 18.1. The highest BCUT2D eigenvalue weighted by Gasteiger charge is 2.37. The molecule has 2 saturated heterocycles. The average molecular weight is 392 g/mol. The maximum Gasteiger partial charge on any atom is 0.253 e. The molecule has 1 amide bonds. The van der Waals surface area contributed by atoms with E-state index in [2.05, 4.69) is 17.3 Å². The zero-order chi connectivity index (χ0) is 20.0. The third kappa shape index (κ3) is 3.26. The van der Waals surface area contributed by atoms with E-state index >= 15 is 0 Å². The molecule has 7 nitrogen and oxygen atoms in total. The van der Waals surface area contributed by atoms with Crippen LogP contribution in [0.15, 0.2) is 55.0 Å². The summed E-state index contributed by atoms with van der Waals surface area (Å²) in [5.74, 6) is -0.0700. The maximum absolute atomic E-state index is 13.2. The number of aromatic nitrogens is 2. The second-order valence-electron chi connectivity index (χ2n) is 8.00. The first-order valence-electron chi connectivity index (χ1n) is 10.00. The van der Waals surface area contributed by atoms with Gasteiger partial charge in [0.1, 0.15) is 5.69 Å². The van der Waals surface area contributed by atoms with E-state index in [-0.39, 0.29) is 11.9 Å². The fourth-order valence-electron chi connectivity index (χ4n) is 4.64. The molecule has 5 rings (SSSR count). The third-order valence-electron chi connectivity index (χ3n) is 6.22. The van der Waals surface area contributed by atoms with Gasteiger partial charge in [-0.25, -0.2) is 0 Å². The molecule has 0 aliphatic carbocycles. The van der Waals surface area contributed by atoms with Crippen molar-refractivity contribution in [2.24, 2.45) is 0 Å². The van der Waals surface area contributed by atoms with Gasteiger partial charge in [0.15, 0.2) is 6.20 Å². The number of morpholine rings is 1. The largest absolute Gasteiger partial charge is 0.619 e. The third-order valence-corrected chi connectivity index (χ3v) is 6.22. The van der Waals surface area contributed by atoms with Crippen molar-refractivity contribution in [1.82, 2.24) is 14.8 Å². The Kier molecular flexibility index (Phi) is 4.49. The van der Waals surface area contributed by atoms with Crippen LogP contribution in [0.4, 0.5) is 0 Å². The molecule has 1 N–H and O–H groups in total. The van der Waals surface area contributed by atoms with E-state index in [1.165, 1.54) is 12.4 Å². The van der Waals surface area contributed by atoms with Crippen molar-refractivity contribution in [2.45, 2.75) is 31.0 Å². The predicted molar refractivity (Wildman–Crippen MR) is 109 cm³/mol. The van der Waals surface area contributed by atoms with Crippen LogP contribution in [0.25, 0.3) is 16.6 Å². The van der Waals surface area contributed by atoms with Gasteiger partial charge in [-0.1, -0.05) is 18.2 Å². The Morgan fingerprint density at radius 1 is 1.17 bits per heavy atom. The van der Waals surface area contributed by atoms with Gasteiger partial charge in [-0.15, -0.1) is 0 Å². The Balaban J connectivity index is 1.45. The first-order chi connectivity index (χ1) is 14.1. The first-order valence-corrected chi connectivity index (χ1v) is 10.00. The zero-order valence-corrected chi connectivity index (χ0v) is 16.3. The summed E-state index contributed by atoms with van der Waals surface area (Å²) in [6.45, 7) is 1.45. The van der Waals surface area contributed by atoms with E-state index in [0.717, 1.165) is 47.4 Å². The minimum absolute atomic E-state index is 0.0700. The summed E-state index contributed by atoms with van der Waals surface area (Å²) >= 11 is 0. The van der Waals surface area contributed by atoms with E-state index in [4.69, 9.17) is 4.74 Å². The van der Waals surface area contributed by atoms with Crippen LogP contribution in [0.2, 0.25) is 0 Å². The lowest BCUT2D eigenvalue weighted by atomic mass is 9.90. The molecule has 2 bridgehead atoms. The van der Waals surface area contributed by atoms with Gasteiger partial charge in [-0.05, 0) is 32.0 Å². The molecule has 2 unspecified atom stereocenters. The van der Waals surface area contributed by atoms with Crippen molar-refractivity contribution < 1.29 is 14.3 Å². The van der Waals surface area contributed by atoms with Crippen molar-refractivity contribution in [3.63, 3.8) is 0 Å². The predicted octanol–water partition coefficient (Wildman–Crippen LogP) is 1.86. The number of pyridine rings is 1. The SMILES string of the molecule is CN1C2COCC1CC(NC(=O)c1cn(-c3ccc[n+]([O-])c3)c3ccccc13)C2. The Labute approximate surface area is 169 Å². The summed E-state index contributed by atoms with van der Waals surface area (Å²) in [6.07, 6.45) is 6.57. The highest BCUT2D eigenvalue weighted by Crippen LogP contribution is 2.28. The number of benzene rings is 1. The number of amides is 1. The summed E-state index contributed by atoms with van der Waals surface area (Å²) in [5.41, 5.74) is 2.25. The Bertz CT molecular complexity index is 1050. The van der Waals surface area contributed by atoms with Crippen molar-refractivity contribution in [1.29, 1.82) is 0 Å². The number of nitrogens with one attached hydrogen (secondary N) is 1. The molecule has 2 aliphatic heterocycles. The number of hydrogen-bond donors (Lipinski definition) is 1. The molecule has 2 aromatic heterocycles. The molecule has 2 atom stereocenters. The van der Waals surface area contributed by atoms with Crippen molar-refractivity contribution >= 4 is 16.8 Å². The van der Waals surface area contributed by atoms with Crippen LogP contribution in [0, 0.1) is 5.21 Å². The average Bonchev–Trinajstić information content (AvgIpc) is 3.09. The number of carbonyl (C=O) groups excluding carboxylic acids is 1. The van der Waals surface area contributed by atoms with E-state index in [0.29, 0.717) is 17.6 Å². The molecule has 0 saturated carbocycles. The van der Waals surface area contributed by atoms with E-state index in [9.17, 15) is 10.0 Å². The summed E-state index contributed by atoms with van der Waals surface area (Å²) in [7, 11) is 2.14. The topological polar surface area (TPSA) is 73.4 Å². The summed E-state index contributed by atoms with van der Waals surface area (Å²) in [5, 5.41) is 15.9. The van der Waals surface area contributed by atoms with Gasteiger partial charge >= 0.3 is 0 Å². The number of nitrogens with zero attached hydrogens (tertiary/aromatic N) is 3. The van der Waals surface area contributed by atoms with Gasteiger partial charge in [0.25, 0.3) is 5.91 Å². The quantitative estimate of drug-likeness (QED) is 0.545. The Morgan fingerprint density at radius 3 is 2.69 bits per heavy atom. The van der Waals surface area contributed by atoms with Crippen molar-refractivity contribution in [2.75, 3.05) is 20.3 Å². The Morgan fingerprint density at radius 2 is 1.93 bits per heavy atom. The van der Waals surface area contributed by atoms with Crippen LogP contribution in [0.1, 0.15) is 23.2 Å². The molecule has 7 heteroatoms. The molecule has 29 heavy (non-hydrogen) atoms. The number of piperidine rings is 1. The molecule has 2 fully saturated rings. The van der Waals surface area contributed by atoms with Crippen LogP contribution >= 0.6 is 0 Å². The summed E-state index contributed by atoms with van der Waals surface area (Å²) < 4.78 is 8.35. The normalized spacial score (nSPS) is 24.5. The highest BCUT2D eigenvalue weighted by atomic mass is 16.5. The smallest absolute Gasteiger partial charge is 0.253 e. The van der Waals surface area contributed by atoms with Crippen LogP contribution in [-0.2, 0) is 4.74 Å². The summed E-state index contributed by atoms with van der Waals surface area (Å²) in [4.78, 5) is 15.6. The minimum atomic E-state index is -0.0700. The van der Waals surface area contributed by atoms with Gasteiger partial charge in [-0.3, -0.25) is 9.69 Å². The van der Waals surface area contributed by atoms with Crippen molar-refractivity contribution in [3.8, 4) is 5.69 Å². The number of hydrogen-bond acceptors (Lipinski definition) is 4.